The number of amides is 2. The minimum atomic E-state index is -0.839. The summed E-state index contributed by atoms with van der Waals surface area (Å²) in [5.41, 5.74) is 0. The molecule has 0 aromatic heterocycles. The molecule has 0 spiro atoms. The summed E-state index contributed by atoms with van der Waals surface area (Å²) >= 11 is 1.79. The zero-order valence-electron chi connectivity index (χ0n) is 10.7. The quantitative estimate of drug-likeness (QED) is 0.610. The smallest absolute Gasteiger partial charge is 0.314 e. The second-order valence-corrected chi connectivity index (χ2v) is 6.56. The van der Waals surface area contributed by atoms with Gasteiger partial charge in [-0.05, 0) is 6.42 Å². The number of hydrogen-bond donors (Lipinski definition) is 3. The van der Waals surface area contributed by atoms with Crippen LogP contribution in [0.1, 0.15) is 33.6 Å². The molecule has 0 radical (unpaired) electrons. The Morgan fingerprint density at radius 3 is 2.29 bits per heavy atom. The number of carboxylic acid groups (broad SMARTS) is 1. The third kappa shape index (κ3) is 13.0. The molecule has 0 heterocycles. The fourth-order valence-electron chi connectivity index (χ4n) is 1.03. The Balaban J connectivity index is 3.38. The van der Waals surface area contributed by atoms with Gasteiger partial charge in [-0.2, -0.15) is 11.8 Å². The van der Waals surface area contributed by atoms with E-state index < -0.39 is 5.97 Å². The van der Waals surface area contributed by atoms with Crippen LogP contribution in [0.2, 0.25) is 0 Å². The van der Waals surface area contributed by atoms with Crippen LogP contribution in [-0.2, 0) is 4.79 Å². The first-order valence-corrected chi connectivity index (χ1v) is 6.67. The third-order valence-corrected chi connectivity index (χ3v) is 3.05. The monoisotopic (exact) mass is 262 g/mol. The minimum absolute atomic E-state index is 0.0835. The van der Waals surface area contributed by atoms with E-state index in [1.54, 1.807) is 11.8 Å². The number of thioether (sulfide) groups is 1. The van der Waals surface area contributed by atoms with Gasteiger partial charge in [0.05, 0.1) is 0 Å². The van der Waals surface area contributed by atoms with Crippen molar-refractivity contribution in [2.24, 2.45) is 0 Å². The largest absolute Gasteiger partial charge is 0.481 e. The van der Waals surface area contributed by atoms with Crippen molar-refractivity contribution in [3.8, 4) is 0 Å². The van der Waals surface area contributed by atoms with Crippen molar-refractivity contribution < 1.29 is 14.7 Å². The Labute approximate surface area is 107 Å². The van der Waals surface area contributed by atoms with Gasteiger partial charge in [0.25, 0.3) is 0 Å². The molecule has 6 heteroatoms. The highest BCUT2D eigenvalue weighted by molar-refractivity contribution is 8.00. The van der Waals surface area contributed by atoms with Gasteiger partial charge in [-0.15, -0.1) is 0 Å². The molecule has 0 atom stereocenters. The van der Waals surface area contributed by atoms with Crippen molar-refractivity contribution in [1.29, 1.82) is 0 Å². The summed E-state index contributed by atoms with van der Waals surface area (Å²) in [7, 11) is 0. The maximum Gasteiger partial charge on any atom is 0.314 e. The SMILES string of the molecule is CC(C)(C)SCCNC(=O)NCCCC(=O)O. The number of carbonyl (C=O) groups excluding carboxylic acids is 1. The first-order chi connectivity index (χ1) is 7.81. The van der Waals surface area contributed by atoms with E-state index in [-0.39, 0.29) is 17.2 Å². The Bertz CT molecular complexity index is 252. The number of urea groups is 1. The van der Waals surface area contributed by atoms with Gasteiger partial charge in [-0.1, -0.05) is 20.8 Å². The van der Waals surface area contributed by atoms with Gasteiger partial charge in [0, 0.05) is 30.0 Å². The predicted molar refractivity (Wildman–Crippen MR) is 70.5 cm³/mol. The molecule has 0 aliphatic heterocycles. The number of nitrogens with one attached hydrogen (secondary N) is 2. The van der Waals surface area contributed by atoms with Gasteiger partial charge in [0.15, 0.2) is 0 Å². The molecule has 2 amide bonds. The summed E-state index contributed by atoms with van der Waals surface area (Å²) < 4.78 is 0.208. The van der Waals surface area contributed by atoms with Crippen LogP contribution >= 0.6 is 11.8 Å². The second-order valence-electron chi connectivity index (χ2n) is 4.64. The van der Waals surface area contributed by atoms with Gasteiger partial charge >= 0.3 is 12.0 Å². The molecule has 0 unspecified atom stereocenters. The molecule has 0 aliphatic rings. The highest BCUT2D eigenvalue weighted by Gasteiger charge is 2.09. The molecule has 0 aromatic carbocycles. The van der Waals surface area contributed by atoms with Gasteiger partial charge in [-0.3, -0.25) is 4.79 Å². The fraction of sp³-hybridized carbons (Fsp3) is 0.818. The summed E-state index contributed by atoms with van der Waals surface area (Å²) in [6.45, 7) is 7.40. The molecular weight excluding hydrogens is 240 g/mol. The van der Waals surface area contributed by atoms with Crippen LogP contribution < -0.4 is 10.6 Å². The molecule has 0 rings (SSSR count). The van der Waals surface area contributed by atoms with Crippen LogP contribution in [0, 0.1) is 0 Å². The molecule has 0 aromatic rings. The van der Waals surface area contributed by atoms with E-state index >= 15 is 0 Å². The van der Waals surface area contributed by atoms with Crippen LogP contribution in [0.25, 0.3) is 0 Å². The lowest BCUT2D eigenvalue weighted by molar-refractivity contribution is -0.137. The summed E-state index contributed by atoms with van der Waals surface area (Å²) in [6, 6.07) is -0.232. The standard InChI is InChI=1S/C11H22N2O3S/c1-11(2,3)17-8-7-13-10(16)12-6-4-5-9(14)15/h4-8H2,1-3H3,(H,14,15)(H2,12,13,16). The zero-order valence-corrected chi connectivity index (χ0v) is 11.5. The number of aliphatic carboxylic acids is 1. The number of hydrogen-bond acceptors (Lipinski definition) is 3. The van der Waals surface area contributed by atoms with Crippen molar-refractivity contribution in [1.82, 2.24) is 10.6 Å². The molecule has 3 N–H and O–H groups in total. The Morgan fingerprint density at radius 2 is 1.76 bits per heavy atom. The van der Waals surface area contributed by atoms with Crippen LogP contribution in [0.15, 0.2) is 0 Å². The molecule has 0 bridgehead atoms. The van der Waals surface area contributed by atoms with Crippen molar-refractivity contribution in [2.75, 3.05) is 18.8 Å². The molecule has 100 valence electrons. The van der Waals surface area contributed by atoms with Crippen molar-refractivity contribution in [2.45, 2.75) is 38.4 Å². The van der Waals surface area contributed by atoms with Crippen molar-refractivity contribution in [3.63, 3.8) is 0 Å². The minimum Gasteiger partial charge on any atom is -0.481 e. The summed E-state index contributed by atoms with van der Waals surface area (Å²) in [6.07, 6.45) is 0.541. The van der Waals surface area contributed by atoms with E-state index in [0.29, 0.717) is 19.5 Å². The molecule has 17 heavy (non-hydrogen) atoms. The van der Waals surface area contributed by atoms with E-state index in [0.717, 1.165) is 5.75 Å². The van der Waals surface area contributed by atoms with E-state index in [1.807, 2.05) is 0 Å². The topological polar surface area (TPSA) is 78.4 Å². The highest BCUT2D eigenvalue weighted by atomic mass is 32.2. The molecule has 5 nitrogen and oxygen atoms in total. The first-order valence-electron chi connectivity index (χ1n) is 5.69. The number of carboxylic acids is 1. The zero-order chi connectivity index (χ0) is 13.3. The van der Waals surface area contributed by atoms with Gasteiger partial charge in [-0.25, -0.2) is 4.79 Å². The first kappa shape index (κ1) is 16.1. The van der Waals surface area contributed by atoms with Crippen molar-refractivity contribution >= 4 is 23.8 Å². The molecule has 0 aliphatic carbocycles. The molecular formula is C11H22N2O3S. The summed E-state index contributed by atoms with van der Waals surface area (Å²) in [5, 5.41) is 13.7. The lowest BCUT2D eigenvalue weighted by atomic mass is 10.3. The van der Waals surface area contributed by atoms with Gasteiger partial charge in [0.2, 0.25) is 0 Å². The van der Waals surface area contributed by atoms with E-state index in [2.05, 4.69) is 31.4 Å². The number of rotatable bonds is 7. The fourth-order valence-corrected chi connectivity index (χ4v) is 1.84. The average molecular weight is 262 g/mol. The number of carbonyl (C=O) groups is 2. The van der Waals surface area contributed by atoms with Crippen LogP contribution in [0.3, 0.4) is 0 Å². The van der Waals surface area contributed by atoms with E-state index in [4.69, 9.17) is 5.11 Å². The Morgan fingerprint density at radius 1 is 1.18 bits per heavy atom. The summed E-state index contributed by atoms with van der Waals surface area (Å²) in [4.78, 5) is 21.5. The maximum atomic E-state index is 11.2. The van der Waals surface area contributed by atoms with Gasteiger partial charge in [0.1, 0.15) is 0 Å². The van der Waals surface area contributed by atoms with Crippen molar-refractivity contribution in [3.05, 3.63) is 0 Å². The average Bonchev–Trinajstić information content (AvgIpc) is 2.18. The molecule has 0 saturated carbocycles. The Kier molecular flexibility index (Phi) is 7.78. The lowest BCUT2D eigenvalue weighted by Crippen LogP contribution is -2.37. The maximum absolute atomic E-state index is 11.2. The van der Waals surface area contributed by atoms with Crippen LogP contribution in [0.4, 0.5) is 4.79 Å². The van der Waals surface area contributed by atoms with E-state index in [9.17, 15) is 9.59 Å². The Hall–Kier alpha value is -0.910. The highest BCUT2D eigenvalue weighted by Crippen LogP contribution is 2.21. The molecule has 0 saturated heterocycles. The third-order valence-electron chi connectivity index (χ3n) is 1.78. The predicted octanol–water partition coefficient (Wildman–Crippen LogP) is 1.68. The molecule has 0 fully saturated rings. The summed E-state index contributed by atoms with van der Waals surface area (Å²) in [5.74, 6) is 0.0280. The van der Waals surface area contributed by atoms with Crippen LogP contribution in [-0.4, -0.2) is 40.7 Å². The van der Waals surface area contributed by atoms with E-state index in [1.165, 1.54) is 0 Å². The van der Waals surface area contributed by atoms with Gasteiger partial charge < -0.3 is 15.7 Å². The normalized spacial score (nSPS) is 11.0. The lowest BCUT2D eigenvalue weighted by Gasteiger charge is -2.17. The van der Waals surface area contributed by atoms with Crippen LogP contribution in [0.5, 0.6) is 0 Å². The second kappa shape index (κ2) is 8.22.